The number of amides is 1. The van der Waals surface area contributed by atoms with Gasteiger partial charge in [-0.05, 0) is 24.6 Å². The molecule has 2 N–H and O–H groups in total. The van der Waals surface area contributed by atoms with Crippen LogP contribution >= 0.6 is 0 Å². The number of aryl methyl sites for hydroxylation is 1. The first-order valence-electron chi connectivity index (χ1n) is 9.09. The summed E-state index contributed by atoms with van der Waals surface area (Å²) in [5.41, 5.74) is 5.67. The van der Waals surface area contributed by atoms with Crippen molar-refractivity contribution < 1.29 is 32.6 Å². The predicted octanol–water partition coefficient (Wildman–Crippen LogP) is 2.03. The molecule has 3 rings (SSSR count). The summed E-state index contributed by atoms with van der Waals surface area (Å²) >= 11 is 0. The minimum absolute atomic E-state index is 0.0532. The lowest BCUT2D eigenvalue weighted by atomic mass is 9.91. The highest BCUT2D eigenvalue weighted by Gasteiger charge is 2.45. The number of hydrogen-bond donors (Lipinski definition) is 1. The topological polar surface area (TPSA) is 91.1 Å². The first-order chi connectivity index (χ1) is 13.1. The fourth-order valence-corrected chi connectivity index (χ4v) is 3.22. The number of carbonyl (C=O) groups excluding carboxylic acids is 2. The van der Waals surface area contributed by atoms with Gasteiger partial charge in [0.05, 0.1) is 18.2 Å². The normalized spacial score (nSPS) is 22.8. The van der Waals surface area contributed by atoms with Gasteiger partial charge in [-0.1, -0.05) is 0 Å². The molecule has 1 aliphatic heterocycles. The molecule has 1 amide bonds. The molecule has 0 spiro atoms. The number of ether oxygens (including phenoxy) is 3. The Kier molecular flexibility index (Phi) is 5.85. The lowest BCUT2D eigenvalue weighted by Gasteiger charge is -2.47. The Labute approximate surface area is 161 Å². The summed E-state index contributed by atoms with van der Waals surface area (Å²) in [4.78, 5) is 24.3. The molecule has 1 saturated heterocycles. The third-order valence-electron chi connectivity index (χ3n) is 4.90. The molecule has 0 atom stereocenters. The second-order valence-corrected chi connectivity index (χ2v) is 7.62. The van der Waals surface area contributed by atoms with Crippen LogP contribution in [0.5, 0.6) is 0 Å². The van der Waals surface area contributed by atoms with E-state index in [1.165, 1.54) is 24.0 Å². The molecule has 0 bridgehead atoms. The summed E-state index contributed by atoms with van der Waals surface area (Å²) in [5.74, 6) is -1.68. The zero-order chi connectivity index (χ0) is 20.5. The van der Waals surface area contributed by atoms with E-state index in [9.17, 15) is 18.4 Å². The fraction of sp³-hybridized carbons (Fsp3) is 0.579. The summed E-state index contributed by atoms with van der Waals surface area (Å²) < 4.78 is 43.3. The van der Waals surface area contributed by atoms with Crippen LogP contribution in [0, 0.1) is 18.6 Å². The van der Waals surface area contributed by atoms with Gasteiger partial charge in [-0.25, -0.2) is 13.6 Å². The fourth-order valence-electron chi connectivity index (χ4n) is 3.22. The lowest BCUT2D eigenvalue weighted by Crippen LogP contribution is -2.71. The van der Waals surface area contributed by atoms with Crippen LogP contribution < -0.4 is 5.73 Å². The summed E-state index contributed by atoms with van der Waals surface area (Å²) in [6.07, 6.45) is -0.0625. The maximum absolute atomic E-state index is 13.8. The average Bonchev–Trinajstić information content (AvgIpc) is 2.53. The molecule has 2 fully saturated rings. The van der Waals surface area contributed by atoms with Crippen molar-refractivity contribution in [2.24, 2.45) is 5.73 Å². The van der Waals surface area contributed by atoms with Gasteiger partial charge in [-0.3, -0.25) is 4.79 Å². The van der Waals surface area contributed by atoms with Gasteiger partial charge in [-0.2, -0.15) is 0 Å². The largest absolute Gasteiger partial charge is 0.464 e. The highest BCUT2D eigenvalue weighted by atomic mass is 19.1. The van der Waals surface area contributed by atoms with Crippen LogP contribution in [0.2, 0.25) is 0 Å². The highest BCUT2D eigenvalue weighted by molar-refractivity contribution is 5.70. The molecule has 1 heterocycles. The Morgan fingerprint density at radius 2 is 1.82 bits per heavy atom. The Morgan fingerprint density at radius 3 is 2.39 bits per heavy atom. The van der Waals surface area contributed by atoms with Gasteiger partial charge in [0.2, 0.25) is 0 Å². The number of benzene rings is 1. The van der Waals surface area contributed by atoms with Crippen LogP contribution in [0.1, 0.15) is 30.9 Å². The summed E-state index contributed by atoms with van der Waals surface area (Å²) in [6.45, 7) is 3.30. The van der Waals surface area contributed by atoms with Crippen molar-refractivity contribution in [3.8, 4) is 0 Å². The minimum atomic E-state index is -0.738. The van der Waals surface area contributed by atoms with E-state index in [1.807, 2.05) is 0 Å². The van der Waals surface area contributed by atoms with E-state index in [4.69, 9.17) is 19.9 Å². The van der Waals surface area contributed by atoms with Gasteiger partial charge >= 0.3 is 12.1 Å². The minimum Gasteiger partial charge on any atom is -0.464 e. The monoisotopic (exact) mass is 398 g/mol. The number of halogens is 2. The van der Waals surface area contributed by atoms with Crippen LogP contribution in [0.4, 0.5) is 13.6 Å². The van der Waals surface area contributed by atoms with Gasteiger partial charge in [0.25, 0.3) is 0 Å². The van der Waals surface area contributed by atoms with E-state index in [0.29, 0.717) is 18.4 Å². The van der Waals surface area contributed by atoms with E-state index in [0.717, 1.165) is 0 Å². The zero-order valence-electron chi connectivity index (χ0n) is 15.9. The van der Waals surface area contributed by atoms with E-state index < -0.39 is 29.2 Å². The zero-order valence-corrected chi connectivity index (χ0v) is 15.9. The lowest BCUT2D eigenvalue weighted by molar-refractivity contribution is -0.145. The Hall–Kier alpha value is -2.26. The quantitative estimate of drug-likeness (QED) is 0.738. The number of nitrogens with zero attached hydrogens (tertiary/aromatic N) is 1. The number of hydrogen-bond acceptors (Lipinski definition) is 6. The van der Waals surface area contributed by atoms with Crippen molar-refractivity contribution in [2.75, 3.05) is 19.7 Å². The number of nitrogens with two attached hydrogens (primary N) is 1. The van der Waals surface area contributed by atoms with Crippen LogP contribution in [0.25, 0.3) is 0 Å². The molecule has 0 radical (unpaired) electrons. The molecule has 28 heavy (non-hydrogen) atoms. The second kappa shape index (κ2) is 8.00. The molecular weight excluding hydrogens is 374 g/mol. The summed E-state index contributed by atoms with van der Waals surface area (Å²) in [5, 5.41) is 0. The maximum Gasteiger partial charge on any atom is 0.410 e. The molecule has 7 nitrogen and oxygen atoms in total. The van der Waals surface area contributed by atoms with Crippen LogP contribution in [-0.4, -0.2) is 54.4 Å². The summed E-state index contributed by atoms with van der Waals surface area (Å²) in [7, 11) is 0. The maximum atomic E-state index is 13.8. The first kappa shape index (κ1) is 20.5. The number of rotatable bonds is 6. The number of likely N-dealkylation sites (tertiary alicyclic amines) is 1. The van der Waals surface area contributed by atoms with Crippen molar-refractivity contribution in [3.05, 3.63) is 34.9 Å². The molecule has 1 aromatic rings. The van der Waals surface area contributed by atoms with Gasteiger partial charge in [0.15, 0.2) is 0 Å². The van der Waals surface area contributed by atoms with E-state index >= 15 is 0 Å². The second-order valence-electron chi connectivity index (χ2n) is 7.62. The molecular formula is C19H24F2N2O5. The Bertz CT molecular complexity index is 738. The van der Waals surface area contributed by atoms with Crippen molar-refractivity contribution in [1.29, 1.82) is 0 Å². The molecule has 2 aliphatic rings. The third-order valence-corrected chi connectivity index (χ3v) is 4.90. The Balaban J connectivity index is 1.35. The van der Waals surface area contributed by atoms with E-state index in [1.54, 1.807) is 6.92 Å². The van der Waals surface area contributed by atoms with Crippen LogP contribution in [0.3, 0.4) is 0 Å². The molecule has 1 aromatic carbocycles. The van der Waals surface area contributed by atoms with Gasteiger partial charge in [0, 0.05) is 38.4 Å². The first-order valence-corrected chi connectivity index (χ1v) is 9.09. The van der Waals surface area contributed by atoms with Crippen LogP contribution in [-0.2, 0) is 25.6 Å². The van der Waals surface area contributed by atoms with Crippen molar-refractivity contribution in [1.82, 2.24) is 4.90 Å². The molecule has 0 aromatic heterocycles. The predicted molar refractivity (Wildman–Crippen MR) is 94.3 cm³/mol. The number of carbonyl (C=O) groups is 2. The van der Waals surface area contributed by atoms with Crippen molar-refractivity contribution in [3.63, 3.8) is 0 Å². The van der Waals surface area contributed by atoms with Gasteiger partial charge < -0.3 is 24.8 Å². The number of esters is 1. The smallest absolute Gasteiger partial charge is 0.410 e. The molecule has 1 saturated carbocycles. The molecule has 1 aliphatic carbocycles. The third kappa shape index (κ3) is 4.77. The SMILES string of the molecule is CC(=O)OCC1(N)CN(C(=O)O[C@H]2C[C@@H](OCc3c(F)cc(C)cc3F)C2)C1. The van der Waals surface area contributed by atoms with Gasteiger partial charge in [-0.15, -0.1) is 0 Å². The van der Waals surface area contributed by atoms with E-state index in [2.05, 4.69) is 0 Å². The molecule has 0 unspecified atom stereocenters. The van der Waals surface area contributed by atoms with Crippen molar-refractivity contribution >= 4 is 12.1 Å². The average molecular weight is 398 g/mol. The Morgan fingerprint density at radius 1 is 1.21 bits per heavy atom. The highest BCUT2D eigenvalue weighted by Crippen LogP contribution is 2.30. The van der Waals surface area contributed by atoms with Gasteiger partial charge in [0.1, 0.15) is 24.3 Å². The van der Waals surface area contributed by atoms with E-state index in [-0.39, 0.29) is 44.1 Å². The summed E-state index contributed by atoms with van der Waals surface area (Å²) in [6, 6.07) is 2.53. The standard InChI is InChI=1S/C19H24F2N2O5/c1-11-3-16(20)15(17(21)4-11)7-26-13-5-14(6-13)28-18(25)23-8-19(22,9-23)10-27-12(2)24/h3-4,13-14H,5-10,22H2,1-2H3/t13-,14+. The molecule has 9 heteroatoms. The molecule has 154 valence electrons. The van der Waals surface area contributed by atoms with Crippen molar-refractivity contribution in [2.45, 2.75) is 51.0 Å². The van der Waals surface area contributed by atoms with Crippen LogP contribution in [0.15, 0.2) is 12.1 Å².